The van der Waals surface area contributed by atoms with Gasteiger partial charge in [0, 0.05) is 30.6 Å². The molecule has 1 saturated heterocycles. The largest absolute Gasteiger partial charge is 0.351 e. The van der Waals surface area contributed by atoms with Gasteiger partial charge in [-0.25, -0.2) is 4.79 Å². The molecule has 1 aliphatic carbocycles. The molecule has 0 unspecified atom stereocenters. The van der Waals surface area contributed by atoms with E-state index in [-0.39, 0.29) is 17.2 Å². The zero-order valence-electron chi connectivity index (χ0n) is 10.5. The van der Waals surface area contributed by atoms with Crippen LogP contribution in [-0.2, 0) is 4.79 Å². The van der Waals surface area contributed by atoms with Crippen molar-refractivity contribution in [2.24, 2.45) is 17.1 Å². The molecule has 3 amide bonds. The Labute approximate surface area is 111 Å². The second-order valence-electron chi connectivity index (χ2n) is 5.36. The Balaban J connectivity index is 1.61. The first-order valence-electron chi connectivity index (χ1n) is 6.36. The number of hydrogen-bond acceptors (Lipinski definition) is 3. The van der Waals surface area contributed by atoms with E-state index in [0.29, 0.717) is 18.8 Å². The maximum atomic E-state index is 12.1. The number of aromatic nitrogens is 1. The summed E-state index contributed by atoms with van der Waals surface area (Å²) >= 11 is 0. The number of rotatable bonds is 2. The number of carbonyl (C=O) groups is 2. The number of nitrogens with one attached hydrogen (secondary N) is 1. The highest BCUT2D eigenvalue weighted by molar-refractivity contribution is 5.95. The number of pyridine rings is 1. The van der Waals surface area contributed by atoms with Crippen LogP contribution in [0.2, 0.25) is 0 Å². The molecule has 6 heteroatoms. The molecule has 19 heavy (non-hydrogen) atoms. The molecule has 1 aliphatic heterocycles. The lowest BCUT2D eigenvalue weighted by Crippen LogP contribution is -2.34. The third-order valence-electron chi connectivity index (χ3n) is 4.13. The molecule has 0 bridgehead atoms. The molecule has 0 aromatic carbocycles. The van der Waals surface area contributed by atoms with Crippen LogP contribution in [0.1, 0.15) is 12.8 Å². The van der Waals surface area contributed by atoms with E-state index in [0.717, 1.165) is 12.8 Å². The van der Waals surface area contributed by atoms with E-state index in [1.54, 1.807) is 23.4 Å². The molecule has 0 radical (unpaired) electrons. The van der Waals surface area contributed by atoms with Crippen molar-refractivity contribution < 1.29 is 9.59 Å². The minimum atomic E-state index is -0.393. The summed E-state index contributed by atoms with van der Waals surface area (Å²) in [5, 5.41) is 2.86. The van der Waals surface area contributed by atoms with E-state index in [1.807, 2.05) is 6.07 Å². The van der Waals surface area contributed by atoms with Crippen LogP contribution in [0.3, 0.4) is 0 Å². The fourth-order valence-electron chi connectivity index (χ4n) is 2.92. The quantitative estimate of drug-likeness (QED) is 0.824. The van der Waals surface area contributed by atoms with Crippen molar-refractivity contribution in [2.45, 2.75) is 12.8 Å². The van der Waals surface area contributed by atoms with Crippen LogP contribution in [0, 0.1) is 11.3 Å². The van der Waals surface area contributed by atoms with Crippen molar-refractivity contribution in [1.82, 2.24) is 9.88 Å². The average molecular weight is 260 g/mol. The Hall–Kier alpha value is -2.11. The van der Waals surface area contributed by atoms with E-state index in [4.69, 9.17) is 5.73 Å². The molecule has 2 fully saturated rings. The minimum absolute atomic E-state index is 0.0133. The molecule has 1 aromatic heterocycles. The van der Waals surface area contributed by atoms with Gasteiger partial charge in [0.05, 0.1) is 11.9 Å². The summed E-state index contributed by atoms with van der Waals surface area (Å²) in [6, 6.07) is 3.20. The van der Waals surface area contributed by atoms with Crippen molar-refractivity contribution >= 4 is 17.6 Å². The predicted molar refractivity (Wildman–Crippen MR) is 69.2 cm³/mol. The zero-order valence-corrected chi connectivity index (χ0v) is 10.5. The Morgan fingerprint density at radius 3 is 3.00 bits per heavy atom. The Morgan fingerprint density at radius 1 is 1.53 bits per heavy atom. The molecule has 3 N–H and O–H groups in total. The second-order valence-corrected chi connectivity index (χ2v) is 5.36. The number of primary amides is 1. The highest BCUT2D eigenvalue weighted by atomic mass is 16.2. The first-order valence-corrected chi connectivity index (χ1v) is 6.36. The molecule has 6 nitrogen and oxygen atoms in total. The van der Waals surface area contributed by atoms with E-state index in [9.17, 15) is 9.59 Å². The summed E-state index contributed by atoms with van der Waals surface area (Å²) in [7, 11) is 0. The Bertz CT molecular complexity index is 519. The molecule has 100 valence electrons. The molecular weight excluding hydrogens is 244 g/mol. The number of nitrogens with two attached hydrogens (primary N) is 1. The van der Waals surface area contributed by atoms with E-state index >= 15 is 0 Å². The third-order valence-corrected chi connectivity index (χ3v) is 4.13. The lowest BCUT2D eigenvalue weighted by molar-refractivity contribution is -0.118. The van der Waals surface area contributed by atoms with Gasteiger partial charge in [-0.15, -0.1) is 0 Å². The molecule has 1 aromatic rings. The summed E-state index contributed by atoms with van der Waals surface area (Å²) in [6.45, 7) is 1.26. The van der Waals surface area contributed by atoms with Gasteiger partial charge >= 0.3 is 6.03 Å². The average Bonchev–Trinajstić information content (AvgIpc) is 2.91. The summed E-state index contributed by atoms with van der Waals surface area (Å²) < 4.78 is 0. The van der Waals surface area contributed by atoms with Crippen molar-refractivity contribution in [3.8, 4) is 0 Å². The molecule has 1 spiro atoms. The highest BCUT2D eigenvalue weighted by Crippen LogP contribution is 2.58. The summed E-state index contributed by atoms with van der Waals surface area (Å²) in [6.07, 6.45) is 4.98. The lowest BCUT2D eigenvalue weighted by Gasteiger charge is -2.13. The Kier molecular flexibility index (Phi) is 2.66. The molecule has 2 atom stereocenters. The van der Waals surface area contributed by atoms with Gasteiger partial charge in [-0.2, -0.15) is 0 Å². The molecular formula is C13H16N4O2. The summed E-state index contributed by atoms with van der Waals surface area (Å²) in [5.41, 5.74) is 5.94. The fraction of sp³-hybridized carbons (Fsp3) is 0.462. The zero-order chi connectivity index (χ0) is 13.5. The first-order chi connectivity index (χ1) is 9.11. The van der Waals surface area contributed by atoms with Gasteiger partial charge in [0.25, 0.3) is 0 Å². The van der Waals surface area contributed by atoms with Crippen LogP contribution >= 0.6 is 0 Å². The van der Waals surface area contributed by atoms with Gasteiger partial charge in [0.15, 0.2) is 0 Å². The molecule has 2 aliphatic rings. The van der Waals surface area contributed by atoms with Crippen LogP contribution in [0.4, 0.5) is 10.5 Å². The van der Waals surface area contributed by atoms with Crippen molar-refractivity contribution in [2.75, 3.05) is 18.4 Å². The minimum Gasteiger partial charge on any atom is -0.351 e. The maximum absolute atomic E-state index is 12.1. The van der Waals surface area contributed by atoms with Gasteiger partial charge in [0.1, 0.15) is 0 Å². The number of likely N-dealkylation sites (tertiary alicyclic amines) is 1. The van der Waals surface area contributed by atoms with Gasteiger partial charge in [-0.1, -0.05) is 0 Å². The normalized spacial score (nSPS) is 28.4. The van der Waals surface area contributed by atoms with Crippen LogP contribution in [0.25, 0.3) is 0 Å². The fourth-order valence-corrected chi connectivity index (χ4v) is 2.92. The highest BCUT2D eigenvalue weighted by Gasteiger charge is 2.61. The van der Waals surface area contributed by atoms with Gasteiger partial charge < -0.3 is 16.0 Å². The monoisotopic (exact) mass is 260 g/mol. The van der Waals surface area contributed by atoms with Gasteiger partial charge in [-0.05, 0) is 25.0 Å². The standard InChI is InChI=1S/C13H16N4O2/c14-12(19)17-5-3-13(8-17)6-10(13)11(18)16-9-2-1-4-15-7-9/h1-2,4,7,10H,3,5-6,8H2,(H2,14,19)(H,16,18)/t10-,13-/m1/s1. The topological polar surface area (TPSA) is 88.3 Å². The van der Waals surface area contributed by atoms with Crippen molar-refractivity contribution in [3.05, 3.63) is 24.5 Å². The van der Waals surface area contributed by atoms with E-state index < -0.39 is 6.03 Å². The maximum Gasteiger partial charge on any atom is 0.314 e. The third kappa shape index (κ3) is 2.14. The Morgan fingerprint density at radius 2 is 2.37 bits per heavy atom. The smallest absolute Gasteiger partial charge is 0.314 e. The predicted octanol–water partition coefficient (Wildman–Crippen LogP) is 0.811. The van der Waals surface area contributed by atoms with E-state index in [1.165, 1.54) is 0 Å². The lowest BCUT2D eigenvalue weighted by atomic mass is 10.0. The van der Waals surface area contributed by atoms with Crippen LogP contribution in [-0.4, -0.2) is 34.9 Å². The van der Waals surface area contributed by atoms with Crippen molar-refractivity contribution in [1.29, 1.82) is 0 Å². The first kappa shape index (κ1) is 12.0. The molecule has 3 rings (SSSR count). The number of anilines is 1. The van der Waals surface area contributed by atoms with Crippen molar-refractivity contribution in [3.63, 3.8) is 0 Å². The second kappa shape index (κ2) is 4.22. The van der Waals surface area contributed by atoms with Crippen LogP contribution in [0.5, 0.6) is 0 Å². The molecule has 2 heterocycles. The number of hydrogen-bond donors (Lipinski definition) is 2. The van der Waals surface area contributed by atoms with Gasteiger partial charge in [-0.3, -0.25) is 9.78 Å². The number of carbonyl (C=O) groups excluding carboxylic acids is 2. The van der Waals surface area contributed by atoms with E-state index in [2.05, 4.69) is 10.3 Å². The summed E-state index contributed by atoms with van der Waals surface area (Å²) in [4.78, 5) is 28.8. The number of urea groups is 1. The van der Waals surface area contributed by atoms with Gasteiger partial charge in [0.2, 0.25) is 5.91 Å². The number of nitrogens with zero attached hydrogens (tertiary/aromatic N) is 2. The number of amides is 3. The van der Waals surface area contributed by atoms with Crippen LogP contribution in [0.15, 0.2) is 24.5 Å². The van der Waals surface area contributed by atoms with Crippen LogP contribution < -0.4 is 11.1 Å². The molecule has 1 saturated carbocycles. The SMILES string of the molecule is NC(=O)N1CC[C@@]2(C[C@@H]2C(=O)Nc2cccnc2)C1. The summed E-state index contributed by atoms with van der Waals surface area (Å²) in [5.74, 6) is -0.00336.